The largest absolute Gasteiger partial charge is 0.493 e. The van der Waals surface area contributed by atoms with Crippen molar-refractivity contribution in [3.63, 3.8) is 0 Å². The molecule has 0 saturated carbocycles. The van der Waals surface area contributed by atoms with Gasteiger partial charge in [-0.05, 0) is 43.2 Å². The van der Waals surface area contributed by atoms with Crippen LogP contribution in [0.3, 0.4) is 0 Å². The molecule has 0 aliphatic rings. The van der Waals surface area contributed by atoms with E-state index in [4.69, 9.17) is 18.6 Å². The second-order valence-corrected chi connectivity index (χ2v) is 6.65. The van der Waals surface area contributed by atoms with E-state index >= 15 is 0 Å². The van der Waals surface area contributed by atoms with Crippen molar-refractivity contribution in [2.45, 2.75) is 13.3 Å². The molecule has 3 rings (SSSR count). The Morgan fingerprint density at radius 3 is 2.75 bits per heavy atom. The van der Waals surface area contributed by atoms with Gasteiger partial charge in [-0.2, -0.15) is 5.10 Å². The minimum Gasteiger partial charge on any atom is -0.493 e. The van der Waals surface area contributed by atoms with E-state index in [0.29, 0.717) is 29.1 Å². The van der Waals surface area contributed by atoms with Gasteiger partial charge >= 0.3 is 11.9 Å². The number of esters is 1. The molecule has 0 aliphatic heterocycles. The van der Waals surface area contributed by atoms with Crippen LogP contribution in [0, 0.1) is 0 Å². The smallest absolute Gasteiger partial charge is 0.344 e. The van der Waals surface area contributed by atoms with Gasteiger partial charge in [-0.15, -0.1) is 6.58 Å². The number of benzene rings is 2. The fourth-order valence-corrected chi connectivity index (χ4v) is 3.03. The van der Waals surface area contributed by atoms with Crippen molar-refractivity contribution in [2.75, 3.05) is 20.3 Å². The van der Waals surface area contributed by atoms with Gasteiger partial charge in [0.1, 0.15) is 5.58 Å². The summed E-state index contributed by atoms with van der Waals surface area (Å²) in [6.45, 7) is 5.51. The van der Waals surface area contributed by atoms with E-state index in [0.717, 1.165) is 10.9 Å². The SMILES string of the molecule is C=CCc1cc(/C=N/NC(=O)c2cc3ccccc3o2)cc(OC)c1OCC(=O)OCC. The third-order valence-electron chi connectivity index (χ3n) is 4.41. The van der Waals surface area contributed by atoms with Crippen molar-refractivity contribution < 1.29 is 28.2 Å². The molecule has 0 aliphatic carbocycles. The number of carbonyl (C=O) groups excluding carboxylic acids is 2. The maximum atomic E-state index is 12.3. The summed E-state index contributed by atoms with van der Waals surface area (Å²) in [6.07, 6.45) is 3.66. The van der Waals surface area contributed by atoms with Crippen LogP contribution in [0.4, 0.5) is 0 Å². The molecular formula is C24H24N2O6. The molecule has 1 N–H and O–H groups in total. The van der Waals surface area contributed by atoms with Gasteiger partial charge < -0.3 is 18.6 Å². The molecule has 166 valence electrons. The zero-order valence-electron chi connectivity index (χ0n) is 17.9. The number of carbonyl (C=O) groups is 2. The molecule has 0 radical (unpaired) electrons. The fourth-order valence-electron chi connectivity index (χ4n) is 3.03. The molecule has 0 atom stereocenters. The van der Waals surface area contributed by atoms with Gasteiger partial charge in [0, 0.05) is 10.9 Å². The Morgan fingerprint density at radius 1 is 1.22 bits per heavy atom. The zero-order chi connectivity index (χ0) is 22.9. The van der Waals surface area contributed by atoms with E-state index in [1.54, 1.807) is 31.2 Å². The number of furan rings is 1. The van der Waals surface area contributed by atoms with Crippen LogP contribution in [-0.2, 0) is 16.0 Å². The summed E-state index contributed by atoms with van der Waals surface area (Å²) in [7, 11) is 1.49. The Hall–Kier alpha value is -4.07. The summed E-state index contributed by atoms with van der Waals surface area (Å²) in [6, 6.07) is 12.5. The van der Waals surface area contributed by atoms with Crippen molar-refractivity contribution >= 4 is 29.1 Å². The number of ether oxygens (including phenoxy) is 3. The third kappa shape index (κ3) is 5.54. The second kappa shape index (κ2) is 10.8. The molecule has 0 saturated heterocycles. The molecule has 3 aromatic rings. The maximum absolute atomic E-state index is 12.3. The van der Waals surface area contributed by atoms with Crippen LogP contribution in [0.15, 0.2) is 64.6 Å². The van der Waals surface area contributed by atoms with Crippen LogP contribution in [0.2, 0.25) is 0 Å². The number of allylic oxidation sites excluding steroid dienone is 1. The highest BCUT2D eigenvalue weighted by Crippen LogP contribution is 2.33. The number of hydrogen-bond acceptors (Lipinski definition) is 7. The van der Waals surface area contributed by atoms with Gasteiger partial charge in [-0.3, -0.25) is 4.79 Å². The lowest BCUT2D eigenvalue weighted by Crippen LogP contribution is -2.17. The van der Waals surface area contributed by atoms with Crippen molar-refractivity contribution in [3.05, 3.63) is 72.0 Å². The van der Waals surface area contributed by atoms with Crippen molar-refractivity contribution in [1.29, 1.82) is 0 Å². The van der Waals surface area contributed by atoms with E-state index in [2.05, 4.69) is 17.1 Å². The molecule has 1 amide bonds. The van der Waals surface area contributed by atoms with Crippen molar-refractivity contribution in [1.82, 2.24) is 5.43 Å². The number of fused-ring (bicyclic) bond motifs is 1. The number of para-hydroxylation sites is 1. The van der Waals surface area contributed by atoms with Crippen LogP contribution < -0.4 is 14.9 Å². The highest BCUT2D eigenvalue weighted by molar-refractivity contribution is 5.96. The number of rotatable bonds is 10. The fraction of sp³-hybridized carbons (Fsp3) is 0.208. The number of hydrogen-bond donors (Lipinski definition) is 1. The molecule has 0 fully saturated rings. The van der Waals surface area contributed by atoms with Gasteiger partial charge in [0.05, 0.1) is 19.9 Å². The molecule has 1 aromatic heterocycles. The monoisotopic (exact) mass is 436 g/mol. The van der Waals surface area contributed by atoms with Crippen molar-refractivity contribution in [2.24, 2.45) is 5.10 Å². The molecular weight excluding hydrogens is 412 g/mol. The summed E-state index contributed by atoms with van der Waals surface area (Å²) in [5.41, 5.74) is 4.48. The second-order valence-electron chi connectivity index (χ2n) is 6.65. The van der Waals surface area contributed by atoms with Gasteiger partial charge in [-0.1, -0.05) is 24.3 Å². The van der Waals surface area contributed by atoms with Gasteiger partial charge in [0.25, 0.3) is 0 Å². The normalized spacial score (nSPS) is 10.8. The first kappa shape index (κ1) is 22.6. The van der Waals surface area contributed by atoms with E-state index in [9.17, 15) is 9.59 Å². The van der Waals surface area contributed by atoms with Crippen LogP contribution in [0.25, 0.3) is 11.0 Å². The molecule has 32 heavy (non-hydrogen) atoms. The highest BCUT2D eigenvalue weighted by atomic mass is 16.6. The van der Waals surface area contributed by atoms with E-state index in [1.165, 1.54) is 13.3 Å². The van der Waals surface area contributed by atoms with Crippen molar-refractivity contribution in [3.8, 4) is 11.5 Å². The molecule has 1 heterocycles. The van der Waals surface area contributed by atoms with Crippen LogP contribution in [0.5, 0.6) is 11.5 Å². The Labute approximate surface area is 185 Å². The quantitative estimate of drug-likeness (QED) is 0.224. The maximum Gasteiger partial charge on any atom is 0.344 e. The van der Waals surface area contributed by atoms with E-state index in [-0.39, 0.29) is 19.0 Å². The molecule has 0 spiro atoms. The molecule has 8 heteroatoms. The topological polar surface area (TPSA) is 99.4 Å². The molecule has 8 nitrogen and oxygen atoms in total. The lowest BCUT2D eigenvalue weighted by Gasteiger charge is -2.15. The Balaban J connectivity index is 1.75. The summed E-state index contributed by atoms with van der Waals surface area (Å²) >= 11 is 0. The van der Waals surface area contributed by atoms with Gasteiger partial charge in [0.2, 0.25) is 0 Å². The van der Waals surface area contributed by atoms with E-state index in [1.807, 2.05) is 24.3 Å². The first-order chi connectivity index (χ1) is 15.5. The average molecular weight is 436 g/mol. The number of nitrogens with zero attached hydrogens (tertiary/aromatic N) is 1. The summed E-state index contributed by atoms with van der Waals surface area (Å²) in [5, 5.41) is 4.84. The third-order valence-corrected chi connectivity index (χ3v) is 4.41. The summed E-state index contributed by atoms with van der Waals surface area (Å²) < 4.78 is 21.5. The number of hydrazone groups is 1. The predicted molar refractivity (Wildman–Crippen MR) is 120 cm³/mol. The van der Waals surface area contributed by atoms with Gasteiger partial charge in [-0.25, -0.2) is 10.2 Å². The van der Waals surface area contributed by atoms with Crippen LogP contribution in [0.1, 0.15) is 28.6 Å². The average Bonchev–Trinajstić information content (AvgIpc) is 3.23. The number of amides is 1. The number of methoxy groups -OCH3 is 1. The lowest BCUT2D eigenvalue weighted by molar-refractivity contribution is -0.145. The van der Waals surface area contributed by atoms with E-state index < -0.39 is 11.9 Å². The standard InChI is InChI=1S/C24H24N2O6/c1-4-8-18-11-16(12-20(29-3)23(18)31-15-22(27)30-5-2)14-25-26-24(28)21-13-17-9-6-7-10-19(17)32-21/h4,6-7,9-14H,1,5,8,15H2,2-3H3,(H,26,28)/b25-14+. The first-order valence-electron chi connectivity index (χ1n) is 9.98. The first-order valence-corrected chi connectivity index (χ1v) is 9.98. The molecule has 2 aromatic carbocycles. The van der Waals surface area contributed by atoms with Gasteiger partial charge in [0.15, 0.2) is 23.9 Å². The van der Waals surface area contributed by atoms with Crippen LogP contribution in [-0.4, -0.2) is 38.4 Å². The summed E-state index contributed by atoms with van der Waals surface area (Å²) in [4.78, 5) is 24.0. The highest BCUT2D eigenvalue weighted by Gasteiger charge is 2.15. The molecule has 0 bridgehead atoms. The Kier molecular flexibility index (Phi) is 7.64. The zero-order valence-corrected chi connectivity index (χ0v) is 17.9. The molecule has 0 unspecified atom stereocenters. The number of nitrogens with one attached hydrogen (secondary N) is 1. The Bertz CT molecular complexity index is 1120. The minimum absolute atomic E-state index is 0.163. The predicted octanol–water partition coefficient (Wildman–Crippen LogP) is 3.88. The Morgan fingerprint density at radius 2 is 2.03 bits per heavy atom. The summed E-state index contributed by atoms with van der Waals surface area (Å²) in [5.74, 6) is 0.0572. The lowest BCUT2D eigenvalue weighted by atomic mass is 10.1. The van der Waals surface area contributed by atoms with Crippen LogP contribution >= 0.6 is 0 Å². The minimum atomic E-state index is -0.474.